The van der Waals surface area contributed by atoms with E-state index < -0.39 is 10.2 Å². The molecule has 28 heavy (non-hydrogen) atoms. The van der Waals surface area contributed by atoms with Crippen LogP contribution in [-0.4, -0.2) is 21.1 Å². The molecule has 0 saturated heterocycles. The Labute approximate surface area is 168 Å². The average Bonchev–Trinajstić information content (AvgIpc) is 2.67. The first-order valence-electron chi connectivity index (χ1n) is 8.98. The standard InChI is InChI=1S/C20H22N4O3S/c1-4-5-6-16-9-8-15(12-21)20(22-16)28-14(3)19(25)23-18-11-17(24(26)27)10-7-13(18)2/h7-11,14H,4-6H2,1-3H3,(H,23,25). The molecule has 2 rings (SSSR count). The van der Waals surface area contributed by atoms with Gasteiger partial charge in [-0.25, -0.2) is 4.98 Å². The van der Waals surface area contributed by atoms with E-state index in [2.05, 4.69) is 23.3 Å². The number of pyridine rings is 1. The Bertz CT molecular complexity index is 924. The highest BCUT2D eigenvalue weighted by molar-refractivity contribution is 8.00. The zero-order chi connectivity index (χ0) is 20.7. The lowest BCUT2D eigenvalue weighted by Gasteiger charge is -2.14. The maximum absolute atomic E-state index is 12.6. The zero-order valence-electron chi connectivity index (χ0n) is 16.1. The number of carbonyl (C=O) groups is 1. The number of thioether (sulfide) groups is 1. The Hall–Kier alpha value is -2.92. The first-order valence-corrected chi connectivity index (χ1v) is 9.86. The summed E-state index contributed by atoms with van der Waals surface area (Å²) in [5.41, 5.74) is 2.37. The molecular formula is C20H22N4O3S. The quantitative estimate of drug-likeness (QED) is 0.394. The van der Waals surface area contributed by atoms with E-state index in [1.165, 1.54) is 23.9 Å². The number of non-ortho nitro benzene ring substituents is 1. The highest BCUT2D eigenvalue weighted by atomic mass is 32.2. The lowest BCUT2D eigenvalue weighted by Crippen LogP contribution is -2.23. The number of hydrogen-bond acceptors (Lipinski definition) is 6. The van der Waals surface area contributed by atoms with Crippen LogP contribution in [0.5, 0.6) is 0 Å². The predicted octanol–water partition coefficient (Wildman–Crippen LogP) is 4.63. The monoisotopic (exact) mass is 398 g/mol. The van der Waals surface area contributed by atoms with Gasteiger partial charge in [-0.15, -0.1) is 0 Å². The van der Waals surface area contributed by atoms with Gasteiger partial charge in [-0.05, 0) is 44.4 Å². The number of unbranched alkanes of at least 4 members (excludes halogenated alkanes) is 1. The summed E-state index contributed by atoms with van der Waals surface area (Å²) in [6.45, 7) is 5.58. The van der Waals surface area contributed by atoms with Crippen molar-refractivity contribution in [3.8, 4) is 6.07 Å². The van der Waals surface area contributed by atoms with Gasteiger partial charge in [0, 0.05) is 17.8 Å². The molecule has 0 aliphatic carbocycles. The van der Waals surface area contributed by atoms with E-state index in [1.807, 2.05) is 6.07 Å². The second-order valence-corrected chi connectivity index (χ2v) is 7.71. The SMILES string of the molecule is CCCCc1ccc(C#N)c(SC(C)C(=O)Nc2cc([N+](=O)[O-])ccc2C)n1. The van der Waals surface area contributed by atoms with Gasteiger partial charge in [0.15, 0.2) is 0 Å². The number of benzene rings is 1. The van der Waals surface area contributed by atoms with E-state index in [0.29, 0.717) is 16.3 Å². The molecule has 1 aromatic heterocycles. The van der Waals surface area contributed by atoms with Crippen molar-refractivity contribution in [2.24, 2.45) is 0 Å². The third-order valence-corrected chi connectivity index (χ3v) is 5.27. The Morgan fingerprint density at radius 1 is 1.39 bits per heavy atom. The largest absolute Gasteiger partial charge is 0.325 e. The maximum Gasteiger partial charge on any atom is 0.271 e. The summed E-state index contributed by atoms with van der Waals surface area (Å²) in [6.07, 6.45) is 2.87. The van der Waals surface area contributed by atoms with Crippen LogP contribution in [0.2, 0.25) is 0 Å². The second-order valence-electron chi connectivity index (χ2n) is 6.38. The number of nitro groups is 1. The summed E-state index contributed by atoms with van der Waals surface area (Å²) < 4.78 is 0. The van der Waals surface area contributed by atoms with Gasteiger partial charge in [0.1, 0.15) is 11.1 Å². The van der Waals surface area contributed by atoms with Crippen molar-refractivity contribution >= 4 is 29.0 Å². The molecule has 0 spiro atoms. The van der Waals surface area contributed by atoms with Crippen LogP contribution in [-0.2, 0) is 11.2 Å². The molecule has 0 aliphatic heterocycles. The van der Waals surface area contributed by atoms with Crippen LogP contribution in [0.15, 0.2) is 35.4 Å². The topological polar surface area (TPSA) is 109 Å². The van der Waals surface area contributed by atoms with Crippen molar-refractivity contribution in [2.75, 3.05) is 5.32 Å². The van der Waals surface area contributed by atoms with E-state index in [1.54, 1.807) is 26.0 Å². The first kappa shape index (κ1) is 21.4. The van der Waals surface area contributed by atoms with Crippen molar-refractivity contribution in [1.29, 1.82) is 5.26 Å². The van der Waals surface area contributed by atoms with Crippen molar-refractivity contribution in [3.05, 3.63) is 57.3 Å². The van der Waals surface area contributed by atoms with Gasteiger partial charge in [-0.2, -0.15) is 5.26 Å². The molecule has 7 nitrogen and oxygen atoms in total. The molecule has 2 aromatic rings. The number of aryl methyl sites for hydroxylation is 2. The van der Waals surface area contributed by atoms with E-state index >= 15 is 0 Å². The predicted molar refractivity (Wildman–Crippen MR) is 109 cm³/mol. The number of carbonyl (C=O) groups excluding carboxylic acids is 1. The number of nitrogens with one attached hydrogen (secondary N) is 1. The molecule has 0 fully saturated rings. The van der Waals surface area contributed by atoms with E-state index in [9.17, 15) is 20.2 Å². The summed E-state index contributed by atoms with van der Waals surface area (Å²) in [5, 5.41) is 23.0. The fraction of sp³-hybridized carbons (Fsp3) is 0.350. The molecule has 1 N–H and O–H groups in total. The number of nitro benzene ring substituents is 1. The van der Waals surface area contributed by atoms with Crippen LogP contribution in [0.3, 0.4) is 0 Å². The highest BCUT2D eigenvalue weighted by Gasteiger charge is 2.19. The van der Waals surface area contributed by atoms with Gasteiger partial charge in [0.25, 0.3) is 5.69 Å². The normalized spacial score (nSPS) is 11.5. The van der Waals surface area contributed by atoms with Crippen LogP contribution >= 0.6 is 11.8 Å². The average molecular weight is 398 g/mol. The minimum atomic E-state index is -0.528. The molecule has 0 saturated carbocycles. The Morgan fingerprint density at radius 2 is 2.14 bits per heavy atom. The number of nitriles is 1. The Kier molecular flexibility index (Phi) is 7.52. The summed E-state index contributed by atoms with van der Waals surface area (Å²) in [4.78, 5) is 27.6. The van der Waals surface area contributed by atoms with Crippen molar-refractivity contribution < 1.29 is 9.72 Å². The molecule has 0 radical (unpaired) electrons. The zero-order valence-corrected chi connectivity index (χ0v) is 16.9. The maximum atomic E-state index is 12.6. The molecule has 1 amide bonds. The summed E-state index contributed by atoms with van der Waals surface area (Å²) in [5.74, 6) is -0.307. The number of nitrogens with zero attached hydrogens (tertiary/aromatic N) is 3. The van der Waals surface area contributed by atoms with E-state index in [-0.39, 0.29) is 11.6 Å². The fourth-order valence-corrected chi connectivity index (χ4v) is 3.38. The third-order valence-electron chi connectivity index (χ3n) is 4.17. The number of hydrogen-bond donors (Lipinski definition) is 1. The molecule has 1 heterocycles. The lowest BCUT2D eigenvalue weighted by atomic mass is 10.2. The van der Waals surface area contributed by atoms with E-state index in [4.69, 9.17) is 0 Å². The van der Waals surface area contributed by atoms with Crippen molar-refractivity contribution in [1.82, 2.24) is 4.98 Å². The van der Waals surface area contributed by atoms with Crippen LogP contribution < -0.4 is 5.32 Å². The van der Waals surface area contributed by atoms with Gasteiger partial charge < -0.3 is 5.32 Å². The second kappa shape index (κ2) is 9.85. The van der Waals surface area contributed by atoms with Crippen LogP contribution in [0.25, 0.3) is 0 Å². The molecular weight excluding hydrogens is 376 g/mol. The summed E-state index contributed by atoms with van der Waals surface area (Å²) in [6, 6.07) is 10.0. The van der Waals surface area contributed by atoms with Crippen LogP contribution in [0.1, 0.15) is 43.5 Å². The molecule has 8 heteroatoms. The molecule has 0 aliphatic rings. The molecule has 1 atom stereocenters. The number of amides is 1. The van der Waals surface area contributed by atoms with Gasteiger partial charge in [-0.1, -0.05) is 31.2 Å². The third kappa shape index (κ3) is 5.54. The minimum absolute atomic E-state index is 0.0849. The first-order chi connectivity index (χ1) is 13.3. The molecule has 0 bridgehead atoms. The van der Waals surface area contributed by atoms with Gasteiger partial charge >= 0.3 is 0 Å². The van der Waals surface area contributed by atoms with Gasteiger partial charge in [-0.3, -0.25) is 14.9 Å². The number of aromatic nitrogens is 1. The van der Waals surface area contributed by atoms with E-state index in [0.717, 1.165) is 30.5 Å². The number of anilines is 1. The minimum Gasteiger partial charge on any atom is -0.325 e. The molecule has 146 valence electrons. The Balaban J connectivity index is 2.15. The molecule has 1 unspecified atom stereocenters. The fourth-order valence-electron chi connectivity index (χ4n) is 2.46. The number of rotatable bonds is 8. The smallest absolute Gasteiger partial charge is 0.271 e. The molecule has 1 aromatic carbocycles. The summed E-state index contributed by atoms with van der Waals surface area (Å²) >= 11 is 1.21. The van der Waals surface area contributed by atoms with Gasteiger partial charge in [0.05, 0.1) is 21.4 Å². The Morgan fingerprint density at radius 3 is 2.79 bits per heavy atom. The van der Waals surface area contributed by atoms with Crippen molar-refractivity contribution in [2.45, 2.75) is 50.3 Å². The lowest BCUT2D eigenvalue weighted by molar-refractivity contribution is -0.384. The summed E-state index contributed by atoms with van der Waals surface area (Å²) in [7, 11) is 0. The highest BCUT2D eigenvalue weighted by Crippen LogP contribution is 2.28. The van der Waals surface area contributed by atoms with Crippen molar-refractivity contribution in [3.63, 3.8) is 0 Å². The van der Waals surface area contributed by atoms with Crippen LogP contribution in [0, 0.1) is 28.4 Å². The van der Waals surface area contributed by atoms with Gasteiger partial charge in [0.2, 0.25) is 5.91 Å². The van der Waals surface area contributed by atoms with Crippen LogP contribution in [0.4, 0.5) is 11.4 Å².